The number of H-pyrrole nitrogens is 1. The summed E-state index contributed by atoms with van der Waals surface area (Å²) in [6, 6.07) is 13.5. The number of alkyl halides is 1. The molecule has 3 aromatic heterocycles. The van der Waals surface area contributed by atoms with Gasteiger partial charge in [0.25, 0.3) is 0 Å². The topological polar surface area (TPSA) is 106 Å². The van der Waals surface area contributed by atoms with Gasteiger partial charge in [-0.2, -0.15) is 4.68 Å². The lowest BCUT2D eigenvalue weighted by molar-refractivity contribution is -0.516. The molecule has 164 valence electrons. The minimum absolute atomic E-state index is 0.0906. The van der Waals surface area contributed by atoms with Crippen molar-refractivity contribution >= 4 is 11.6 Å². The Bertz CT molecular complexity index is 1340. The molecule has 0 bridgehead atoms. The monoisotopic (exact) mass is 434 g/mol. The van der Waals surface area contributed by atoms with Crippen LogP contribution in [0.25, 0.3) is 28.0 Å². The zero-order valence-electron chi connectivity index (χ0n) is 18.0. The second kappa shape index (κ2) is 7.83. The molecule has 1 saturated heterocycles. The number of hydrogen-bond acceptors (Lipinski definition) is 5. The number of hydrogen-bond donors (Lipinski definition) is 3. The standard InChI is InChI=1S/C23H24FN7O/c1-13-8-16(9-14(2)27-13)19-20(15-6-4-3-5-7-15)28-22(25)31-21(19)29-30(23(31)32)12-18-10-17(24)11-26-18/h3-9,17-18,26H,10-12H2,1-2H3,(H2,25,27,28,29)/p+1/t17-,18-/m1/s1. The molecule has 1 aromatic carbocycles. The van der Waals surface area contributed by atoms with E-state index in [2.05, 4.69) is 20.4 Å². The van der Waals surface area contributed by atoms with Crippen molar-refractivity contribution in [2.45, 2.75) is 39.0 Å². The molecule has 1 fully saturated rings. The molecule has 5 rings (SSSR count). The number of anilines is 1. The van der Waals surface area contributed by atoms with E-state index in [4.69, 9.17) is 5.73 Å². The molecule has 4 heterocycles. The number of aromatic nitrogens is 5. The van der Waals surface area contributed by atoms with Crippen LogP contribution in [-0.2, 0) is 6.54 Å². The number of aryl methyl sites for hydroxylation is 2. The Labute approximate surface area is 183 Å². The number of nitrogens with zero attached hydrogens (tertiary/aromatic N) is 4. The Kier molecular flexibility index (Phi) is 4.97. The third-order valence-electron chi connectivity index (χ3n) is 5.80. The summed E-state index contributed by atoms with van der Waals surface area (Å²) in [4.78, 5) is 22.3. The normalized spacial score (nSPS) is 18.5. The van der Waals surface area contributed by atoms with Crippen LogP contribution in [0.3, 0.4) is 0 Å². The Hall–Kier alpha value is -3.59. The molecule has 0 unspecified atom stereocenters. The van der Waals surface area contributed by atoms with Gasteiger partial charge in [0.1, 0.15) is 11.9 Å². The van der Waals surface area contributed by atoms with Gasteiger partial charge in [0, 0.05) is 29.5 Å². The first-order valence-corrected chi connectivity index (χ1v) is 10.6. The Morgan fingerprint density at radius 3 is 2.53 bits per heavy atom. The number of nitrogens with one attached hydrogen (secondary N) is 2. The van der Waals surface area contributed by atoms with Gasteiger partial charge in [0.2, 0.25) is 5.65 Å². The second-order valence-electron chi connectivity index (χ2n) is 8.33. The second-order valence-corrected chi connectivity index (χ2v) is 8.33. The number of benzene rings is 1. The van der Waals surface area contributed by atoms with E-state index in [9.17, 15) is 9.18 Å². The van der Waals surface area contributed by atoms with Crippen molar-refractivity contribution in [3.63, 3.8) is 0 Å². The largest absolute Gasteiger partial charge is 0.428 e. The molecule has 0 aliphatic carbocycles. The number of halogens is 1. The SMILES string of the molecule is Cc1cc(-c2c(-c3ccccc3)nc(N)[n+]3c(=O)n(C[C@H]4C[C@@H](F)CN4)[nH]c23)cc(C)n1. The average Bonchev–Trinajstić information content (AvgIpc) is 3.31. The summed E-state index contributed by atoms with van der Waals surface area (Å²) in [5, 5.41) is 6.35. The van der Waals surface area contributed by atoms with Gasteiger partial charge in [-0.15, -0.1) is 9.38 Å². The lowest BCUT2D eigenvalue weighted by atomic mass is 9.99. The zero-order chi connectivity index (χ0) is 22.4. The summed E-state index contributed by atoms with van der Waals surface area (Å²) in [7, 11) is 0. The van der Waals surface area contributed by atoms with E-state index in [-0.39, 0.29) is 17.7 Å². The third-order valence-corrected chi connectivity index (χ3v) is 5.80. The molecule has 0 amide bonds. The lowest BCUT2D eigenvalue weighted by Crippen LogP contribution is -2.45. The van der Waals surface area contributed by atoms with Gasteiger partial charge in [-0.1, -0.05) is 30.3 Å². The molecule has 1 aliphatic heterocycles. The zero-order valence-corrected chi connectivity index (χ0v) is 18.0. The molecule has 4 N–H and O–H groups in total. The predicted molar refractivity (Wildman–Crippen MR) is 120 cm³/mol. The summed E-state index contributed by atoms with van der Waals surface area (Å²) in [6.45, 7) is 4.48. The minimum atomic E-state index is -0.900. The van der Waals surface area contributed by atoms with Gasteiger partial charge in [0.05, 0.1) is 12.1 Å². The molecule has 4 aromatic rings. The average molecular weight is 434 g/mol. The maximum Gasteiger partial charge on any atom is 0.428 e. The van der Waals surface area contributed by atoms with Crippen LogP contribution in [0.1, 0.15) is 17.8 Å². The van der Waals surface area contributed by atoms with Crippen LogP contribution in [0.15, 0.2) is 47.3 Å². The first kappa shape index (κ1) is 20.3. The highest BCUT2D eigenvalue weighted by atomic mass is 19.1. The molecular weight excluding hydrogens is 409 g/mol. The summed E-state index contributed by atoms with van der Waals surface area (Å²) < 4.78 is 16.5. The third kappa shape index (κ3) is 3.54. The maximum atomic E-state index is 13.6. The van der Waals surface area contributed by atoms with E-state index < -0.39 is 6.17 Å². The number of fused-ring (bicyclic) bond motifs is 1. The van der Waals surface area contributed by atoms with E-state index in [1.165, 1.54) is 9.08 Å². The smallest absolute Gasteiger partial charge is 0.319 e. The summed E-state index contributed by atoms with van der Waals surface area (Å²) in [5.41, 5.74) is 11.4. The van der Waals surface area contributed by atoms with Gasteiger partial charge in [0.15, 0.2) is 0 Å². The lowest BCUT2D eigenvalue weighted by Gasteiger charge is -2.10. The fourth-order valence-corrected chi connectivity index (χ4v) is 4.47. The van der Waals surface area contributed by atoms with E-state index in [1.54, 1.807) is 0 Å². The van der Waals surface area contributed by atoms with Gasteiger partial charge < -0.3 is 11.1 Å². The van der Waals surface area contributed by atoms with Crippen LogP contribution in [0, 0.1) is 13.8 Å². The Morgan fingerprint density at radius 2 is 1.88 bits per heavy atom. The van der Waals surface area contributed by atoms with E-state index in [1.807, 2.05) is 56.3 Å². The van der Waals surface area contributed by atoms with E-state index in [0.717, 1.165) is 28.1 Å². The van der Waals surface area contributed by atoms with Gasteiger partial charge in [-0.25, -0.2) is 14.3 Å². The quantitative estimate of drug-likeness (QED) is 0.426. The van der Waals surface area contributed by atoms with Crippen molar-refractivity contribution in [1.29, 1.82) is 0 Å². The maximum absolute atomic E-state index is 13.6. The molecule has 32 heavy (non-hydrogen) atoms. The van der Waals surface area contributed by atoms with Crippen LogP contribution in [-0.4, -0.2) is 38.5 Å². The van der Waals surface area contributed by atoms with Crippen LogP contribution >= 0.6 is 0 Å². The molecule has 0 radical (unpaired) electrons. The van der Waals surface area contributed by atoms with E-state index >= 15 is 0 Å². The van der Waals surface area contributed by atoms with Crippen molar-refractivity contribution in [2.75, 3.05) is 12.3 Å². The Morgan fingerprint density at radius 1 is 1.16 bits per heavy atom. The molecule has 0 spiro atoms. The van der Waals surface area contributed by atoms with E-state index in [0.29, 0.717) is 30.9 Å². The molecule has 2 atom stereocenters. The van der Waals surface area contributed by atoms with Crippen molar-refractivity contribution in [1.82, 2.24) is 25.1 Å². The number of aromatic amines is 1. The summed E-state index contributed by atoms with van der Waals surface area (Å²) >= 11 is 0. The van der Waals surface area contributed by atoms with Gasteiger partial charge in [-0.3, -0.25) is 4.98 Å². The van der Waals surface area contributed by atoms with Crippen LogP contribution in [0.2, 0.25) is 0 Å². The van der Waals surface area contributed by atoms with Crippen molar-refractivity contribution in [3.8, 4) is 22.4 Å². The highest BCUT2D eigenvalue weighted by Crippen LogP contribution is 2.33. The van der Waals surface area contributed by atoms with Gasteiger partial charge >= 0.3 is 11.6 Å². The summed E-state index contributed by atoms with van der Waals surface area (Å²) in [5.74, 6) is 0.0906. The highest BCUT2D eigenvalue weighted by Gasteiger charge is 2.29. The Balaban J connectivity index is 1.78. The fourth-order valence-electron chi connectivity index (χ4n) is 4.47. The first-order chi connectivity index (χ1) is 15.4. The minimum Gasteiger partial charge on any atom is -0.319 e. The predicted octanol–water partition coefficient (Wildman–Crippen LogP) is 1.94. The molecule has 1 aliphatic rings. The number of nitrogens with two attached hydrogens (primary N) is 1. The summed E-state index contributed by atoms with van der Waals surface area (Å²) in [6.07, 6.45) is -0.534. The van der Waals surface area contributed by atoms with Crippen LogP contribution in [0.5, 0.6) is 0 Å². The molecule has 0 saturated carbocycles. The van der Waals surface area contributed by atoms with Crippen molar-refractivity contribution in [3.05, 3.63) is 64.3 Å². The molecule has 8 nitrogen and oxygen atoms in total. The molecule has 9 heteroatoms. The van der Waals surface area contributed by atoms with Crippen molar-refractivity contribution < 1.29 is 8.79 Å². The number of rotatable bonds is 4. The van der Waals surface area contributed by atoms with Crippen LogP contribution < -0.4 is 21.1 Å². The van der Waals surface area contributed by atoms with Crippen molar-refractivity contribution in [2.24, 2.45) is 0 Å². The first-order valence-electron chi connectivity index (χ1n) is 10.6. The van der Waals surface area contributed by atoms with Crippen LogP contribution in [0.4, 0.5) is 10.3 Å². The molecular formula is C23H25FN7O+. The fraction of sp³-hybridized carbons (Fsp3) is 0.304. The van der Waals surface area contributed by atoms with Gasteiger partial charge in [-0.05, 0) is 38.0 Å². The highest BCUT2D eigenvalue weighted by molar-refractivity contribution is 5.88. The number of nitrogen functional groups attached to an aromatic ring is 1. The number of pyridine rings is 1.